The molecule has 1 aliphatic rings. The highest BCUT2D eigenvalue weighted by Crippen LogP contribution is 2.09. The Labute approximate surface area is 148 Å². The third kappa shape index (κ3) is 5.66. The Balaban J connectivity index is 1.37. The predicted molar refractivity (Wildman–Crippen MR) is 96.4 cm³/mol. The van der Waals surface area contributed by atoms with Gasteiger partial charge in [-0.3, -0.25) is 14.6 Å². The summed E-state index contributed by atoms with van der Waals surface area (Å²) < 4.78 is 13.0. The quantitative estimate of drug-likeness (QED) is 0.875. The predicted octanol–water partition coefficient (Wildman–Crippen LogP) is 2.26. The van der Waals surface area contributed by atoms with Crippen molar-refractivity contribution >= 4 is 5.91 Å². The zero-order valence-corrected chi connectivity index (χ0v) is 14.3. The average Bonchev–Trinajstić information content (AvgIpc) is 2.64. The number of amides is 1. The van der Waals surface area contributed by atoms with Crippen molar-refractivity contribution in [2.45, 2.75) is 13.1 Å². The van der Waals surface area contributed by atoms with E-state index in [-0.39, 0.29) is 11.7 Å². The SMILES string of the molecule is O=C(CN1CCN(Cc2ccc(F)cc2)CC1)NCc1ccccc1. The largest absolute Gasteiger partial charge is 0.351 e. The molecule has 0 spiro atoms. The molecule has 132 valence electrons. The van der Waals surface area contributed by atoms with E-state index in [1.807, 2.05) is 42.5 Å². The van der Waals surface area contributed by atoms with Gasteiger partial charge in [-0.15, -0.1) is 0 Å². The van der Waals surface area contributed by atoms with E-state index in [9.17, 15) is 9.18 Å². The Morgan fingerprint density at radius 3 is 2.20 bits per heavy atom. The third-order valence-electron chi connectivity index (χ3n) is 4.48. The van der Waals surface area contributed by atoms with Crippen molar-refractivity contribution in [3.8, 4) is 0 Å². The van der Waals surface area contributed by atoms with Gasteiger partial charge >= 0.3 is 0 Å². The van der Waals surface area contributed by atoms with Gasteiger partial charge in [0, 0.05) is 39.3 Å². The van der Waals surface area contributed by atoms with Crippen LogP contribution in [0.4, 0.5) is 4.39 Å². The zero-order chi connectivity index (χ0) is 17.5. The lowest BCUT2D eigenvalue weighted by atomic mass is 10.2. The number of nitrogens with zero attached hydrogens (tertiary/aromatic N) is 2. The topological polar surface area (TPSA) is 35.6 Å². The van der Waals surface area contributed by atoms with E-state index in [0.717, 1.165) is 43.9 Å². The van der Waals surface area contributed by atoms with Gasteiger partial charge in [0.2, 0.25) is 5.91 Å². The smallest absolute Gasteiger partial charge is 0.234 e. The minimum Gasteiger partial charge on any atom is -0.351 e. The molecule has 0 aliphatic carbocycles. The summed E-state index contributed by atoms with van der Waals surface area (Å²) >= 11 is 0. The zero-order valence-electron chi connectivity index (χ0n) is 14.3. The molecule has 0 radical (unpaired) electrons. The van der Waals surface area contributed by atoms with Gasteiger partial charge in [0.15, 0.2) is 0 Å². The number of nitrogens with one attached hydrogen (secondary N) is 1. The van der Waals surface area contributed by atoms with Crippen LogP contribution in [0.25, 0.3) is 0 Å². The summed E-state index contributed by atoms with van der Waals surface area (Å²) in [6.07, 6.45) is 0. The molecular formula is C20H24FN3O. The van der Waals surface area contributed by atoms with Crippen molar-refractivity contribution in [3.63, 3.8) is 0 Å². The fourth-order valence-corrected chi connectivity index (χ4v) is 3.01. The Morgan fingerprint density at radius 2 is 1.52 bits per heavy atom. The lowest BCUT2D eigenvalue weighted by Crippen LogP contribution is -2.49. The van der Waals surface area contributed by atoms with Crippen molar-refractivity contribution in [2.75, 3.05) is 32.7 Å². The average molecular weight is 341 g/mol. The molecule has 1 aliphatic heterocycles. The van der Waals surface area contributed by atoms with Crippen molar-refractivity contribution in [1.82, 2.24) is 15.1 Å². The van der Waals surface area contributed by atoms with Gasteiger partial charge < -0.3 is 5.32 Å². The minimum atomic E-state index is -0.199. The standard InChI is InChI=1S/C20H24FN3O/c21-19-8-6-18(7-9-19)15-23-10-12-24(13-11-23)16-20(25)22-14-17-4-2-1-3-5-17/h1-9H,10-16H2,(H,22,25). The lowest BCUT2D eigenvalue weighted by molar-refractivity contribution is -0.122. The van der Waals surface area contributed by atoms with Crippen molar-refractivity contribution in [2.24, 2.45) is 0 Å². The van der Waals surface area contributed by atoms with Crippen molar-refractivity contribution < 1.29 is 9.18 Å². The maximum Gasteiger partial charge on any atom is 0.234 e. The van der Waals surface area contributed by atoms with Gasteiger partial charge in [0.25, 0.3) is 0 Å². The molecule has 2 aromatic rings. The summed E-state index contributed by atoms with van der Waals surface area (Å²) in [5, 5.41) is 2.97. The van der Waals surface area contributed by atoms with E-state index >= 15 is 0 Å². The molecule has 0 aromatic heterocycles. The van der Waals surface area contributed by atoms with Crippen LogP contribution in [0.3, 0.4) is 0 Å². The molecule has 1 N–H and O–H groups in total. The van der Waals surface area contributed by atoms with Crippen LogP contribution in [0.15, 0.2) is 54.6 Å². The van der Waals surface area contributed by atoms with Crippen molar-refractivity contribution in [1.29, 1.82) is 0 Å². The molecular weight excluding hydrogens is 317 g/mol. The molecule has 0 bridgehead atoms. The van der Waals surface area contributed by atoms with Crippen LogP contribution in [-0.4, -0.2) is 48.4 Å². The van der Waals surface area contributed by atoms with Crippen LogP contribution in [0.5, 0.6) is 0 Å². The maximum atomic E-state index is 13.0. The summed E-state index contributed by atoms with van der Waals surface area (Å²) in [4.78, 5) is 16.6. The number of rotatable bonds is 6. The molecule has 25 heavy (non-hydrogen) atoms. The van der Waals surface area contributed by atoms with Crippen LogP contribution in [0, 0.1) is 5.82 Å². The number of hydrogen-bond acceptors (Lipinski definition) is 3. The number of benzene rings is 2. The van der Waals surface area contributed by atoms with Gasteiger partial charge in [0.1, 0.15) is 5.82 Å². The molecule has 0 unspecified atom stereocenters. The van der Waals surface area contributed by atoms with Crippen LogP contribution in [0.1, 0.15) is 11.1 Å². The molecule has 0 atom stereocenters. The lowest BCUT2D eigenvalue weighted by Gasteiger charge is -2.34. The summed E-state index contributed by atoms with van der Waals surface area (Å²) in [5.41, 5.74) is 2.23. The Kier molecular flexibility index (Phi) is 6.14. The molecule has 2 aromatic carbocycles. The fourth-order valence-electron chi connectivity index (χ4n) is 3.01. The number of piperazine rings is 1. The van der Waals surface area contributed by atoms with E-state index in [4.69, 9.17) is 0 Å². The Hall–Kier alpha value is -2.24. The third-order valence-corrected chi connectivity index (χ3v) is 4.48. The molecule has 1 amide bonds. The summed E-state index contributed by atoms with van der Waals surface area (Å²) in [5.74, 6) is -0.133. The second-order valence-electron chi connectivity index (χ2n) is 6.44. The first kappa shape index (κ1) is 17.6. The molecule has 1 saturated heterocycles. The monoisotopic (exact) mass is 341 g/mol. The molecule has 3 rings (SSSR count). The van der Waals surface area contributed by atoms with Crippen LogP contribution in [-0.2, 0) is 17.9 Å². The van der Waals surface area contributed by atoms with Crippen LogP contribution < -0.4 is 5.32 Å². The molecule has 1 fully saturated rings. The number of halogens is 1. The Bertz CT molecular complexity index is 667. The molecule has 1 heterocycles. The fraction of sp³-hybridized carbons (Fsp3) is 0.350. The highest BCUT2D eigenvalue weighted by molar-refractivity contribution is 5.78. The van der Waals surface area contributed by atoms with E-state index in [1.54, 1.807) is 0 Å². The number of hydrogen-bond donors (Lipinski definition) is 1. The highest BCUT2D eigenvalue weighted by atomic mass is 19.1. The van der Waals surface area contributed by atoms with Gasteiger partial charge in [-0.2, -0.15) is 0 Å². The van der Waals surface area contributed by atoms with Crippen LogP contribution in [0.2, 0.25) is 0 Å². The second kappa shape index (κ2) is 8.74. The molecule has 5 heteroatoms. The molecule has 0 saturated carbocycles. The second-order valence-corrected chi connectivity index (χ2v) is 6.44. The number of carbonyl (C=O) groups excluding carboxylic acids is 1. The van der Waals surface area contributed by atoms with Gasteiger partial charge in [-0.25, -0.2) is 4.39 Å². The van der Waals surface area contributed by atoms with Gasteiger partial charge in [-0.1, -0.05) is 42.5 Å². The number of carbonyl (C=O) groups is 1. The maximum absolute atomic E-state index is 13.0. The van der Waals surface area contributed by atoms with Gasteiger partial charge in [-0.05, 0) is 23.3 Å². The Morgan fingerprint density at radius 1 is 0.880 bits per heavy atom. The van der Waals surface area contributed by atoms with E-state index in [0.29, 0.717) is 13.1 Å². The normalized spacial score (nSPS) is 15.9. The van der Waals surface area contributed by atoms with E-state index in [2.05, 4.69) is 15.1 Å². The van der Waals surface area contributed by atoms with Gasteiger partial charge in [0.05, 0.1) is 6.54 Å². The minimum absolute atomic E-state index is 0.0656. The highest BCUT2D eigenvalue weighted by Gasteiger charge is 2.18. The van der Waals surface area contributed by atoms with E-state index in [1.165, 1.54) is 12.1 Å². The summed E-state index contributed by atoms with van der Waals surface area (Å²) in [6.45, 7) is 5.43. The summed E-state index contributed by atoms with van der Waals surface area (Å²) in [6, 6.07) is 16.6. The first-order valence-corrected chi connectivity index (χ1v) is 8.69. The first-order chi connectivity index (χ1) is 12.2. The van der Waals surface area contributed by atoms with Crippen LogP contribution >= 0.6 is 0 Å². The summed E-state index contributed by atoms with van der Waals surface area (Å²) in [7, 11) is 0. The first-order valence-electron chi connectivity index (χ1n) is 8.69. The molecule has 4 nitrogen and oxygen atoms in total. The van der Waals surface area contributed by atoms with Crippen molar-refractivity contribution in [3.05, 3.63) is 71.5 Å². The van der Waals surface area contributed by atoms with E-state index < -0.39 is 0 Å².